The van der Waals surface area contributed by atoms with Gasteiger partial charge in [0.25, 0.3) is 0 Å². The Kier molecular flexibility index (Phi) is 1.87. The van der Waals surface area contributed by atoms with E-state index in [1.54, 1.807) is 12.1 Å². The summed E-state index contributed by atoms with van der Waals surface area (Å²) in [4.78, 5) is 0. The van der Waals surface area contributed by atoms with Gasteiger partial charge in [-0.1, -0.05) is 6.07 Å². The lowest BCUT2D eigenvalue weighted by Crippen LogP contribution is -1.91. The highest BCUT2D eigenvalue weighted by atomic mass is 19.1. The zero-order valence-electron chi connectivity index (χ0n) is 7.31. The maximum Gasteiger partial charge on any atom is 0.123 e. The maximum atomic E-state index is 12.7. The van der Waals surface area contributed by atoms with Crippen molar-refractivity contribution in [3.8, 4) is 0 Å². The number of hydrogen-bond donors (Lipinski definition) is 0. The molecule has 0 unspecified atom stereocenters. The zero-order valence-corrected chi connectivity index (χ0v) is 7.31. The van der Waals surface area contributed by atoms with Gasteiger partial charge in [0.05, 0.1) is 0 Å². The minimum Gasteiger partial charge on any atom is -0.207 e. The zero-order chi connectivity index (χ0) is 8.55. The van der Waals surface area contributed by atoms with Crippen LogP contribution in [0.4, 0.5) is 4.39 Å². The van der Waals surface area contributed by atoms with Crippen molar-refractivity contribution in [3.05, 3.63) is 35.1 Å². The minimum atomic E-state index is -0.118. The molecule has 1 aromatic rings. The van der Waals surface area contributed by atoms with Gasteiger partial charge in [-0.15, -0.1) is 0 Å². The summed E-state index contributed by atoms with van der Waals surface area (Å²) in [5.41, 5.74) is 2.42. The van der Waals surface area contributed by atoms with E-state index in [4.69, 9.17) is 0 Å². The normalized spacial score (nSPS) is 16.5. The highest BCUT2D eigenvalue weighted by Crippen LogP contribution is 2.33. The van der Waals surface area contributed by atoms with Crippen molar-refractivity contribution >= 4 is 0 Å². The van der Waals surface area contributed by atoms with E-state index in [0.29, 0.717) is 0 Å². The molecule has 1 aliphatic rings. The quantitative estimate of drug-likeness (QED) is 0.630. The first-order chi connectivity index (χ1) is 5.75. The first-order valence-corrected chi connectivity index (χ1v) is 4.51. The molecule has 0 aromatic heterocycles. The van der Waals surface area contributed by atoms with Gasteiger partial charge in [0.2, 0.25) is 0 Å². The molecule has 1 aromatic carbocycles. The Morgan fingerprint density at radius 1 is 1.42 bits per heavy atom. The monoisotopic (exact) mass is 164 g/mol. The van der Waals surface area contributed by atoms with Gasteiger partial charge in [0.1, 0.15) is 5.82 Å². The highest BCUT2D eigenvalue weighted by Gasteiger charge is 2.21. The molecule has 0 spiro atoms. The standard InChI is InChI=1S/C11H13F/c1-8-6-11(12)5-4-10(8)7-9-2-3-9/h4-6,9H,2-3,7H2,1H3. The van der Waals surface area contributed by atoms with Crippen molar-refractivity contribution in [2.45, 2.75) is 26.2 Å². The summed E-state index contributed by atoms with van der Waals surface area (Å²) >= 11 is 0. The molecule has 0 saturated heterocycles. The summed E-state index contributed by atoms with van der Waals surface area (Å²) in [6.45, 7) is 1.99. The minimum absolute atomic E-state index is 0.118. The molecule has 0 atom stereocenters. The summed E-state index contributed by atoms with van der Waals surface area (Å²) in [5.74, 6) is 0.765. The number of benzene rings is 1. The smallest absolute Gasteiger partial charge is 0.123 e. The average Bonchev–Trinajstić information content (AvgIpc) is 2.79. The number of halogens is 1. The Morgan fingerprint density at radius 2 is 2.17 bits per heavy atom. The first-order valence-electron chi connectivity index (χ1n) is 4.51. The van der Waals surface area contributed by atoms with Gasteiger partial charge in [-0.25, -0.2) is 4.39 Å². The van der Waals surface area contributed by atoms with Gasteiger partial charge in [-0.05, 0) is 55.4 Å². The lowest BCUT2D eigenvalue weighted by molar-refractivity contribution is 0.625. The molecule has 1 heteroatoms. The van der Waals surface area contributed by atoms with E-state index in [-0.39, 0.29) is 5.82 Å². The molecule has 0 radical (unpaired) electrons. The van der Waals surface area contributed by atoms with Crippen LogP contribution < -0.4 is 0 Å². The molecule has 0 N–H and O–H groups in total. The van der Waals surface area contributed by atoms with Crippen LogP contribution in [-0.2, 0) is 6.42 Å². The molecule has 1 fully saturated rings. The summed E-state index contributed by atoms with van der Waals surface area (Å²) < 4.78 is 12.7. The van der Waals surface area contributed by atoms with E-state index < -0.39 is 0 Å². The van der Waals surface area contributed by atoms with Gasteiger partial charge in [0.15, 0.2) is 0 Å². The fraction of sp³-hybridized carbons (Fsp3) is 0.455. The highest BCUT2D eigenvalue weighted by molar-refractivity contribution is 5.27. The molecule has 0 bridgehead atoms. The van der Waals surface area contributed by atoms with Crippen LogP contribution in [0.3, 0.4) is 0 Å². The Morgan fingerprint density at radius 3 is 2.75 bits per heavy atom. The molecular formula is C11H13F. The Bertz CT molecular complexity index is 287. The Hall–Kier alpha value is -0.850. The van der Waals surface area contributed by atoms with Crippen LogP contribution in [0.15, 0.2) is 18.2 Å². The molecule has 0 heterocycles. The van der Waals surface area contributed by atoms with Gasteiger partial charge in [-0.3, -0.25) is 0 Å². The molecule has 12 heavy (non-hydrogen) atoms. The molecular weight excluding hydrogens is 151 g/mol. The van der Waals surface area contributed by atoms with Gasteiger partial charge < -0.3 is 0 Å². The van der Waals surface area contributed by atoms with Crippen molar-refractivity contribution in [1.82, 2.24) is 0 Å². The molecule has 0 amide bonds. The van der Waals surface area contributed by atoms with Crippen LogP contribution in [0.1, 0.15) is 24.0 Å². The molecule has 0 aliphatic heterocycles. The van der Waals surface area contributed by atoms with E-state index >= 15 is 0 Å². The molecule has 64 valence electrons. The van der Waals surface area contributed by atoms with Crippen molar-refractivity contribution in [2.75, 3.05) is 0 Å². The van der Waals surface area contributed by atoms with Crippen molar-refractivity contribution in [2.24, 2.45) is 5.92 Å². The largest absolute Gasteiger partial charge is 0.207 e. The van der Waals surface area contributed by atoms with Gasteiger partial charge in [0, 0.05) is 0 Å². The van der Waals surface area contributed by atoms with Crippen LogP contribution in [-0.4, -0.2) is 0 Å². The van der Waals surface area contributed by atoms with E-state index in [1.165, 1.54) is 18.4 Å². The van der Waals surface area contributed by atoms with Crippen LogP contribution >= 0.6 is 0 Å². The third-order valence-electron chi connectivity index (χ3n) is 2.51. The second-order valence-corrected chi connectivity index (χ2v) is 3.72. The van der Waals surface area contributed by atoms with E-state index in [0.717, 1.165) is 17.9 Å². The lowest BCUT2D eigenvalue weighted by atomic mass is 10.0. The van der Waals surface area contributed by atoms with Gasteiger partial charge >= 0.3 is 0 Å². The number of hydrogen-bond acceptors (Lipinski definition) is 0. The predicted molar refractivity (Wildman–Crippen MR) is 47.6 cm³/mol. The van der Waals surface area contributed by atoms with Crippen LogP contribution in [0.5, 0.6) is 0 Å². The summed E-state index contributed by atoms with van der Waals surface area (Å²) in [6.07, 6.45) is 3.86. The fourth-order valence-corrected chi connectivity index (χ4v) is 1.52. The Balaban J connectivity index is 2.18. The van der Waals surface area contributed by atoms with Gasteiger partial charge in [-0.2, -0.15) is 0 Å². The number of rotatable bonds is 2. The predicted octanol–water partition coefficient (Wildman–Crippen LogP) is 3.09. The summed E-state index contributed by atoms with van der Waals surface area (Å²) in [5, 5.41) is 0. The summed E-state index contributed by atoms with van der Waals surface area (Å²) in [7, 11) is 0. The third kappa shape index (κ3) is 1.66. The number of aryl methyl sites for hydroxylation is 1. The van der Waals surface area contributed by atoms with Crippen LogP contribution in [0.25, 0.3) is 0 Å². The maximum absolute atomic E-state index is 12.7. The van der Waals surface area contributed by atoms with E-state index in [1.807, 2.05) is 13.0 Å². The average molecular weight is 164 g/mol. The van der Waals surface area contributed by atoms with E-state index in [2.05, 4.69) is 0 Å². The second kappa shape index (κ2) is 2.89. The third-order valence-corrected chi connectivity index (χ3v) is 2.51. The molecule has 1 saturated carbocycles. The van der Waals surface area contributed by atoms with Crippen molar-refractivity contribution in [1.29, 1.82) is 0 Å². The van der Waals surface area contributed by atoms with Crippen LogP contribution in [0.2, 0.25) is 0 Å². The fourth-order valence-electron chi connectivity index (χ4n) is 1.52. The summed E-state index contributed by atoms with van der Waals surface area (Å²) in [6, 6.07) is 5.10. The molecule has 2 rings (SSSR count). The van der Waals surface area contributed by atoms with Crippen molar-refractivity contribution in [3.63, 3.8) is 0 Å². The topological polar surface area (TPSA) is 0 Å². The Labute approximate surface area is 72.4 Å². The van der Waals surface area contributed by atoms with Crippen molar-refractivity contribution < 1.29 is 4.39 Å². The molecule has 1 aliphatic carbocycles. The first kappa shape index (κ1) is 7.78. The molecule has 0 nitrogen and oxygen atoms in total. The second-order valence-electron chi connectivity index (χ2n) is 3.72. The van der Waals surface area contributed by atoms with E-state index in [9.17, 15) is 4.39 Å². The lowest BCUT2D eigenvalue weighted by Gasteiger charge is -2.03. The van der Waals surface area contributed by atoms with Crippen LogP contribution in [0, 0.1) is 18.7 Å². The SMILES string of the molecule is Cc1cc(F)ccc1CC1CC1.